The smallest absolute Gasteiger partial charge is 0.263 e. The summed E-state index contributed by atoms with van der Waals surface area (Å²) < 4.78 is 1.98. The van der Waals surface area contributed by atoms with Crippen molar-refractivity contribution in [2.24, 2.45) is 0 Å². The molecule has 7 aromatic rings. The molecule has 42 heavy (non-hydrogen) atoms. The summed E-state index contributed by atoms with van der Waals surface area (Å²) in [6.45, 7) is -0.00505. The van der Waals surface area contributed by atoms with Crippen molar-refractivity contribution in [3.05, 3.63) is 144 Å². The summed E-state index contributed by atoms with van der Waals surface area (Å²) >= 11 is 0. The van der Waals surface area contributed by atoms with Gasteiger partial charge in [-0.3, -0.25) is 9.36 Å². The third kappa shape index (κ3) is 2.57. The minimum Gasteiger partial charge on any atom is -0.307 e. The lowest BCUT2D eigenvalue weighted by atomic mass is 9.33. The Morgan fingerprint density at radius 2 is 1.05 bits per heavy atom. The first-order valence-electron chi connectivity index (χ1n) is 14.4. The molecule has 5 heteroatoms. The van der Waals surface area contributed by atoms with Crippen LogP contribution in [0.3, 0.4) is 0 Å². The maximum Gasteiger partial charge on any atom is 0.263 e. The van der Waals surface area contributed by atoms with Gasteiger partial charge in [-0.25, -0.2) is 0 Å². The summed E-state index contributed by atoms with van der Waals surface area (Å²) in [5, 5.41) is 2.87. The predicted molar refractivity (Wildman–Crippen MR) is 175 cm³/mol. The SMILES string of the molecule is O=c1c2ccccc2c2cccc3c2n1-c1cccc2c1B3c1cccc3c1N2c1ccccc1N3c1ccccc1. The van der Waals surface area contributed by atoms with E-state index in [1.807, 2.05) is 22.8 Å². The third-order valence-electron chi connectivity index (χ3n) is 9.28. The molecule has 194 valence electrons. The Morgan fingerprint density at radius 1 is 0.452 bits per heavy atom. The zero-order chi connectivity index (χ0) is 27.5. The summed E-state index contributed by atoms with van der Waals surface area (Å²) in [7, 11) is 0. The van der Waals surface area contributed by atoms with Gasteiger partial charge in [-0.15, -0.1) is 0 Å². The Morgan fingerprint density at radius 3 is 1.90 bits per heavy atom. The van der Waals surface area contributed by atoms with Crippen molar-refractivity contribution in [2.75, 3.05) is 9.80 Å². The summed E-state index contributed by atoms with van der Waals surface area (Å²) in [6, 6.07) is 46.9. The molecule has 0 radical (unpaired) electrons. The quantitative estimate of drug-likeness (QED) is 0.177. The molecule has 0 bridgehead atoms. The zero-order valence-corrected chi connectivity index (χ0v) is 22.5. The topological polar surface area (TPSA) is 28.5 Å². The van der Waals surface area contributed by atoms with Gasteiger partial charge in [0, 0.05) is 27.8 Å². The average Bonchev–Trinajstić information content (AvgIpc) is 3.05. The molecule has 0 unspecified atom stereocenters. The monoisotopic (exact) mass is 535 g/mol. The van der Waals surface area contributed by atoms with Crippen LogP contribution >= 0.6 is 0 Å². The molecule has 0 N–H and O–H groups in total. The minimum atomic E-state index is -0.00505. The summed E-state index contributed by atoms with van der Waals surface area (Å²) in [4.78, 5) is 19.1. The molecule has 4 nitrogen and oxygen atoms in total. The second-order valence-electron chi connectivity index (χ2n) is 11.3. The number of hydrogen-bond acceptors (Lipinski definition) is 3. The molecule has 3 aliphatic heterocycles. The highest BCUT2D eigenvalue weighted by molar-refractivity contribution is 7.00. The van der Waals surface area contributed by atoms with Gasteiger partial charge in [0.05, 0.1) is 28.3 Å². The van der Waals surface area contributed by atoms with Crippen LogP contribution in [-0.4, -0.2) is 11.3 Å². The van der Waals surface area contributed by atoms with Crippen LogP contribution in [0.25, 0.3) is 27.4 Å². The second-order valence-corrected chi connectivity index (χ2v) is 11.3. The van der Waals surface area contributed by atoms with Crippen molar-refractivity contribution in [3.8, 4) is 5.69 Å². The highest BCUT2D eigenvalue weighted by Crippen LogP contribution is 2.54. The Bertz CT molecular complexity index is 2360. The fourth-order valence-corrected chi connectivity index (χ4v) is 7.73. The molecule has 3 aliphatic rings. The van der Waals surface area contributed by atoms with Crippen LogP contribution in [0.4, 0.5) is 34.1 Å². The van der Waals surface area contributed by atoms with E-state index in [1.54, 1.807) is 0 Å². The molecule has 0 saturated heterocycles. The maximum absolute atomic E-state index is 14.2. The van der Waals surface area contributed by atoms with Gasteiger partial charge < -0.3 is 9.80 Å². The largest absolute Gasteiger partial charge is 0.307 e. The van der Waals surface area contributed by atoms with Crippen molar-refractivity contribution in [1.82, 2.24) is 4.57 Å². The molecule has 0 aliphatic carbocycles. The lowest BCUT2D eigenvalue weighted by molar-refractivity contribution is 1.06. The van der Waals surface area contributed by atoms with Crippen LogP contribution in [0.1, 0.15) is 0 Å². The molecule has 0 atom stereocenters. The third-order valence-corrected chi connectivity index (χ3v) is 9.28. The fraction of sp³-hybridized carbons (Fsp3) is 0. The van der Waals surface area contributed by atoms with E-state index in [-0.39, 0.29) is 12.3 Å². The Hall–Kier alpha value is -5.55. The van der Waals surface area contributed by atoms with Crippen molar-refractivity contribution in [1.29, 1.82) is 0 Å². The molecule has 0 spiro atoms. The number of pyridine rings is 1. The van der Waals surface area contributed by atoms with E-state index in [0.717, 1.165) is 55.8 Å². The van der Waals surface area contributed by atoms with Gasteiger partial charge in [-0.1, -0.05) is 84.9 Å². The number of aromatic nitrogens is 1. The molecule has 6 aromatic carbocycles. The molecule has 1 aromatic heterocycles. The van der Waals surface area contributed by atoms with Crippen LogP contribution in [0.15, 0.2) is 138 Å². The van der Waals surface area contributed by atoms with E-state index in [0.29, 0.717) is 0 Å². The first kappa shape index (κ1) is 22.2. The molecular formula is C37H22BN3O. The van der Waals surface area contributed by atoms with E-state index in [4.69, 9.17) is 0 Å². The molecule has 10 rings (SSSR count). The van der Waals surface area contributed by atoms with Gasteiger partial charge in [-0.05, 0) is 70.3 Å². The average molecular weight is 535 g/mol. The Balaban J connectivity index is 1.38. The van der Waals surface area contributed by atoms with Gasteiger partial charge in [0.1, 0.15) is 0 Å². The number of benzene rings is 6. The number of nitrogens with zero attached hydrogens (tertiary/aromatic N) is 3. The maximum atomic E-state index is 14.2. The number of hydrogen-bond donors (Lipinski definition) is 0. The fourth-order valence-electron chi connectivity index (χ4n) is 7.73. The van der Waals surface area contributed by atoms with Crippen molar-refractivity contribution >= 4 is 78.9 Å². The first-order valence-corrected chi connectivity index (χ1v) is 14.4. The van der Waals surface area contributed by atoms with E-state index >= 15 is 0 Å². The first-order chi connectivity index (χ1) is 20.8. The second kappa shape index (κ2) is 7.80. The number of anilines is 6. The van der Waals surface area contributed by atoms with Crippen LogP contribution in [-0.2, 0) is 0 Å². The Labute approximate surface area is 242 Å². The molecular weight excluding hydrogens is 513 g/mol. The van der Waals surface area contributed by atoms with E-state index in [1.165, 1.54) is 22.1 Å². The van der Waals surface area contributed by atoms with Crippen molar-refractivity contribution < 1.29 is 0 Å². The highest BCUT2D eigenvalue weighted by atomic mass is 16.1. The van der Waals surface area contributed by atoms with E-state index < -0.39 is 0 Å². The van der Waals surface area contributed by atoms with Gasteiger partial charge >= 0.3 is 0 Å². The standard InChI is InChI=1S/C37H22BN3O/c42-37-26-14-5-4-13-24(26)25-15-8-16-27-35(25)41(37)32-21-10-20-31-34(32)38(27)28-17-9-22-33-36(28)40(31)30-19-7-6-18-29(30)39(33)23-11-2-1-3-12-23/h1-22H. The summed E-state index contributed by atoms with van der Waals surface area (Å²) in [5.41, 5.74) is 12.5. The molecule has 0 amide bonds. The minimum absolute atomic E-state index is 0.00505. The summed E-state index contributed by atoms with van der Waals surface area (Å²) in [5.74, 6) is 0. The number of rotatable bonds is 1. The van der Waals surface area contributed by atoms with E-state index in [9.17, 15) is 4.79 Å². The number of fused-ring (bicyclic) bond motifs is 8. The van der Waals surface area contributed by atoms with Gasteiger partial charge in [-0.2, -0.15) is 0 Å². The van der Waals surface area contributed by atoms with Crippen LogP contribution in [0.5, 0.6) is 0 Å². The summed E-state index contributed by atoms with van der Waals surface area (Å²) in [6.07, 6.45) is 0. The van der Waals surface area contributed by atoms with Crippen LogP contribution in [0, 0.1) is 0 Å². The van der Waals surface area contributed by atoms with Crippen LogP contribution in [0.2, 0.25) is 0 Å². The lowest BCUT2D eigenvalue weighted by Crippen LogP contribution is -2.61. The molecule has 0 saturated carbocycles. The van der Waals surface area contributed by atoms with Crippen molar-refractivity contribution in [2.45, 2.75) is 0 Å². The lowest BCUT2D eigenvalue weighted by Gasteiger charge is -2.46. The van der Waals surface area contributed by atoms with Gasteiger partial charge in [0.15, 0.2) is 0 Å². The molecule has 0 fully saturated rings. The number of para-hydroxylation sites is 5. The van der Waals surface area contributed by atoms with E-state index in [2.05, 4.69) is 125 Å². The zero-order valence-electron chi connectivity index (χ0n) is 22.5. The Kier molecular flexibility index (Phi) is 4.12. The highest BCUT2D eigenvalue weighted by Gasteiger charge is 2.45. The normalized spacial score (nSPS) is 13.7. The van der Waals surface area contributed by atoms with Crippen LogP contribution < -0.4 is 31.7 Å². The van der Waals surface area contributed by atoms with Crippen molar-refractivity contribution in [3.63, 3.8) is 0 Å². The predicted octanol–water partition coefficient (Wildman–Crippen LogP) is 6.54. The van der Waals surface area contributed by atoms with Gasteiger partial charge in [0.25, 0.3) is 12.3 Å². The van der Waals surface area contributed by atoms with Gasteiger partial charge in [0.2, 0.25) is 0 Å². The molecule has 4 heterocycles.